The zero-order valence-electron chi connectivity index (χ0n) is 14.8. The zero-order valence-corrected chi connectivity index (χ0v) is 14.8. The Balaban J connectivity index is 2.02. The van der Waals surface area contributed by atoms with Gasteiger partial charge in [0.15, 0.2) is 0 Å². The summed E-state index contributed by atoms with van der Waals surface area (Å²) in [5, 5.41) is 8.75. The van der Waals surface area contributed by atoms with Crippen LogP contribution >= 0.6 is 0 Å². The Morgan fingerprint density at radius 1 is 1.33 bits per heavy atom. The third kappa shape index (κ3) is 5.45. The number of amides is 2. The minimum atomic E-state index is -4.46. The van der Waals surface area contributed by atoms with Gasteiger partial charge in [-0.3, -0.25) is 14.4 Å². The van der Waals surface area contributed by atoms with Gasteiger partial charge in [-0.15, -0.1) is 0 Å². The van der Waals surface area contributed by atoms with Crippen LogP contribution in [-0.2, 0) is 27.1 Å². The molecule has 1 aliphatic rings. The maximum atomic E-state index is 12.8. The number of likely N-dealkylation sites (tertiary alicyclic amines) is 1. The quantitative estimate of drug-likeness (QED) is 0.781. The molecule has 2 amide bonds. The van der Waals surface area contributed by atoms with Gasteiger partial charge in [0.25, 0.3) is 0 Å². The maximum Gasteiger partial charge on any atom is 0.416 e. The number of carboxylic acid groups (broad SMARTS) is 1. The first-order valence-corrected chi connectivity index (χ1v) is 8.56. The molecule has 0 radical (unpaired) electrons. The fourth-order valence-corrected chi connectivity index (χ4v) is 3.07. The zero-order chi connectivity index (χ0) is 20.2. The molecule has 1 N–H and O–H groups in total. The average Bonchev–Trinajstić information content (AvgIpc) is 2.95. The van der Waals surface area contributed by atoms with E-state index in [-0.39, 0.29) is 44.3 Å². The Morgan fingerprint density at radius 2 is 2.04 bits per heavy atom. The highest BCUT2D eigenvalue weighted by Gasteiger charge is 2.36. The van der Waals surface area contributed by atoms with Gasteiger partial charge in [0.1, 0.15) is 0 Å². The van der Waals surface area contributed by atoms with Crippen LogP contribution in [0.2, 0.25) is 0 Å². The number of hydrogen-bond acceptors (Lipinski definition) is 3. The lowest BCUT2D eigenvalue weighted by molar-refractivity contribution is -0.140. The maximum absolute atomic E-state index is 12.8. The van der Waals surface area contributed by atoms with E-state index in [4.69, 9.17) is 5.11 Å². The van der Waals surface area contributed by atoms with E-state index < -0.39 is 23.6 Å². The first-order chi connectivity index (χ1) is 12.6. The van der Waals surface area contributed by atoms with Gasteiger partial charge >= 0.3 is 12.1 Å². The van der Waals surface area contributed by atoms with Gasteiger partial charge in [0.05, 0.1) is 17.9 Å². The monoisotopic (exact) mass is 386 g/mol. The highest BCUT2D eigenvalue weighted by molar-refractivity contribution is 5.89. The Kier molecular flexibility index (Phi) is 6.45. The Bertz CT molecular complexity index is 721. The number of hydrogen-bond donors (Lipinski definition) is 1. The van der Waals surface area contributed by atoms with Crippen molar-refractivity contribution >= 4 is 17.8 Å². The van der Waals surface area contributed by atoms with Crippen LogP contribution in [-0.4, -0.2) is 52.3 Å². The summed E-state index contributed by atoms with van der Waals surface area (Å²) < 4.78 is 38.4. The number of carbonyl (C=O) groups is 3. The first kappa shape index (κ1) is 20.7. The van der Waals surface area contributed by atoms with Gasteiger partial charge in [0, 0.05) is 32.6 Å². The van der Waals surface area contributed by atoms with Crippen LogP contribution in [0.4, 0.5) is 13.2 Å². The minimum Gasteiger partial charge on any atom is -0.481 e. The summed E-state index contributed by atoms with van der Waals surface area (Å²) in [6.45, 7) is 2.20. The van der Waals surface area contributed by atoms with Crippen LogP contribution in [0, 0.1) is 5.92 Å². The molecule has 1 aliphatic heterocycles. The van der Waals surface area contributed by atoms with Gasteiger partial charge in [0.2, 0.25) is 11.8 Å². The minimum absolute atomic E-state index is 0.00617. The fraction of sp³-hybridized carbons (Fsp3) is 0.500. The van der Waals surface area contributed by atoms with Crippen molar-refractivity contribution < 1.29 is 32.7 Å². The molecule has 1 unspecified atom stereocenters. The number of nitrogens with zero attached hydrogens (tertiary/aromatic N) is 2. The number of alkyl halides is 3. The van der Waals surface area contributed by atoms with Crippen LogP contribution in [0.25, 0.3) is 0 Å². The lowest BCUT2D eigenvalue weighted by atomic mass is 10.1. The molecule has 148 valence electrons. The molecule has 0 saturated carbocycles. The highest BCUT2D eigenvalue weighted by Crippen LogP contribution is 2.30. The van der Waals surface area contributed by atoms with Gasteiger partial charge in [-0.2, -0.15) is 13.2 Å². The number of rotatable bonds is 7. The Labute approximate surface area is 154 Å². The number of aliphatic carboxylic acids is 1. The SMILES string of the molecule is CCN(CCC(=O)O)C(=O)C1CC(=O)N(Cc2cccc(C(F)(F)F)c2)C1. The standard InChI is InChI=1S/C18H21F3N2O4/c1-2-22(7-6-16(25)26)17(27)13-9-15(24)23(11-13)10-12-4-3-5-14(8-12)18(19,20)21/h3-5,8,13H,2,6-7,9-11H2,1H3,(H,25,26). The summed E-state index contributed by atoms with van der Waals surface area (Å²) in [4.78, 5) is 38.2. The number of carboxylic acids is 1. The second-order valence-electron chi connectivity index (χ2n) is 6.44. The third-order valence-corrected chi connectivity index (χ3v) is 4.48. The van der Waals surface area contributed by atoms with Crippen molar-refractivity contribution in [3.63, 3.8) is 0 Å². The largest absolute Gasteiger partial charge is 0.481 e. The molecule has 6 nitrogen and oxygen atoms in total. The van der Waals surface area contributed by atoms with Crippen LogP contribution in [0.5, 0.6) is 0 Å². The highest BCUT2D eigenvalue weighted by atomic mass is 19.4. The van der Waals surface area contributed by atoms with Crippen LogP contribution < -0.4 is 0 Å². The molecule has 27 heavy (non-hydrogen) atoms. The van der Waals surface area contributed by atoms with Gasteiger partial charge < -0.3 is 14.9 Å². The van der Waals surface area contributed by atoms with E-state index in [1.807, 2.05) is 0 Å². The second-order valence-corrected chi connectivity index (χ2v) is 6.44. The molecule has 1 saturated heterocycles. The normalized spacial score (nSPS) is 17.3. The van der Waals surface area contributed by atoms with E-state index in [1.54, 1.807) is 6.92 Å². The predicted molar refractivity (Wildman–Crippen MR) is 89.5 cm³/mol. The molecule has 1 heterocycles. The summed E-state index contributed by atoms with van der Waals surface area (Å²) in [5.41, 5.74) is -0.449. The molecule has 0 bridgehead atoms. The van der Waals surface area contributed by atoms with Crippen LogP contribution in [0.3, 0.4) is 0 Å². The van der Waals surface area contributed by atoms with E-state index in [0.717, 1.165) is 12.1 Å². The molecule has 1 aromatic rings. The van der Waals surface area contributed by atoms with Crippen molar-refractivity contribution in [2.45, 2.75) is 32.5 Å². The fourth-order valence-electron chi connectivity index (χ4n) is 3.07. The molecule has 0 aromatic heterocycles. The summed E-state index contributed by atoms with van der Waals surface area (Å²) in [7, 11) is 0. The molecule has 1 fully saturated rings. The van der Waals surface area contributed by atoms with E-state index in [1.165, 1.54) is 21.9 Å². The van der Waals surface area contributed by atoms with Gasteiger partial charge in [-0.05, 0) is 24.6 Å². The van der Waals surface area contributed by atoms with Crippen molar-refractivity contribution in [3.8, 4) is 0 Å². The Morgan fingerprint density at radius 3 is 2.63 bits per heavy atom. The lowest BCUT2D eigenvalue weighted by Gasteiger charge is -2.23. The van der Waals surface area contributed by atoms with Crippen molar-refractivity contribution in [1.29, 1.82) is 0 Å². The van der Waals surface area contributed by atoms with Crippen molar-refractivity contribution in [1.82, 2.24) is 9.80 Å². The molecule has 2 rings (SSSR count). The molecule has 9 heteroatoms. The second kappa shape index (κ2) is 8.41. The summed E-state index contributed by atoms with van der Waals surface area (Å²) in [5.74, 6) is -2.24. The molecule has 1 aromatic carbocycles. The van der Waals surface area contributed by atoms with Crippen LogP contribution in [0.1, 0.15) is 30.9 Å². The smallest absolute Gasteiger partial charge is 0.416 e. The molecule has 0 spiro atoms. The number of carbonyl (C=O) groups excluding carboxylic acids is 2. The van der Waals surface area contributed by atoms with E-state index >= 15 is 0 Å². The average molecular weight is 386 g/mol. The summed E-state index contributed by atoms with van der Waals surface area (Å²) in [6.07, 6.45) is -4.68. The van der Waals surface area contributed by atoms with E-state index in [9.17, 15) is 27.6 Å². The summed E-state index contributed by atoms with van der Waals surface area (Å²) >= 11 is 0. The van der Waals surface area contributed by atoms with Crippen LogP contribution in [0.15, 0.2) is 24.3 Å². The lowest BCUT2D eigenvalue weighted by Crippen LogP contribution is -2.38. The molecule has 0 aliphatic carbocycles. The third-order valence-electron chi connectivity index (χ3n) is 4.48. The predicted octanol–water partition coefficient (Wildman–Crippen LogP) is 2.38. The first-order valence-electron chi connectivity index (χ1n) is 8.56. The van der Waals surface area contributed by atoms with Gasteiger partial charge in [-0.1, -0.05) is 12.1 Å². The van der Waals surface area contributed by atoms with E-state index in [2.05, 4.69) is 0 Å². The number of halogens is 3. The molecular formula is C18H21F3N2O4. The van der Waals surface area contributed by atoms with Crippen molar-refractivity contribution in [2.24, 2.45) is 5.92 Å². The van der Waals surface area contributed by atoms with Gasteiger partial charge in [-0.25, -0.2) is 0 Å². The Hall–Kier alpha value is -2.58. The van der Waals surface area contributed by atoms with Crippen molar-refractivity contribution in [2.75, 3.05) is 19.6 Å². The topological polar surface area (TPSA) is 77.9 Å². The van der Waals surface area contributed by atoms with Crippen molar-refractivity contribution in [3.05, 3.63) is 35.4 Å². The van der Waals surface area contributed by atoms with E-state index in [0.29, 0.717) is 12.1 Å². The summed E-state index contributed by atoms with van der Waals surface area (Å²) in [6, 6.07) is 4.74. The molecule has 1 atom stereocenters. The number of benzene rings is 1. The molecular weight excluding hydrogens is 365 g/mol.